The van der Waals surface area contributed by atoms with Crippen molar-refractivity contribution >= 4 is 5.69 Å². The summed E-state index contributed by atoms with van der Waals surface area (Å²) < 4.78 is 7.38. The number of rotatable bonds is 6. The molecule has 1 fully saturated rings. The highest BCUT2D eigenvalue weighted by Gasteiger charge is 2.29. The van der Waals surface area contributed by atoms with Crippen LogP contribution in [-0.4, -0.2) is 21.2 Å². The van der Waals surface area contributed by atoms with E-state index in [0.29, 0.717) is 23.8 Å². The highest BCUT2D eigenvalue weighted by molar-refractivity contribution is 5.33. The Morgan fingerprint density at radius 3 is 2.36 bits per heavy atom. The van der Waals surface area contributed by atoms with Crippen molar-refractivity contribution in [3.8, 4) is 5.75 Å². The van der Waals surface area contributed by atoms with Gasteiger partial charge in [0.1, 0.15) is 11.4 Å². The predicted octanol–water partition coefficient (Wildman–Crippen LogP) is 1.69. The average molecular weight is 345 g/mol. The van der Waals surface area contributed by atoms with Crippen molar-refractivity contribution < 1.29 is 9.66 Å². The maximum Gasteiger partial charge on any atom is 0.353 e. The Morgan fingerprint density at radius 1 is 1.20 bits per heavy atom. The van der Waals surface area contributed by atoms with Gasteiger partial charge in [0.2, 0.25) is 0 Å². The van der Waals surface area contributed by atoms with E-state index >= 15 is 0 Å². The minimum atomic E-state index is -0.865. The van der Waals surface area contributed by atoms with Crippen LogP contribution < -0.4 is 16.0 Å². The van der Waals surface area contributed by atoms with Crippen LogP contribution in [0.1, 0.15) is 24.1 Å². The molecule has 0 amide bonds. The molecule has 1 heterocycles. The fourth-order valence-corrected chi connectivity index (χ4v) is 2.82. The molecule has 1 aliphatic carbocycles. The first-order chi connectivity index (χ1) is 11.9. The minimum absolute atomic E-state index is 0.0204. The molecule has 1 aliphatic rings. The van der Waals surface area contributed by atoms with Crippen LogP contribution >= 0.6 is 0 Å². The summed E-state index contributed by atoms with van der Waals surface area (Å²) in [5, 5.41) is 11.4. The summed E-state index contributed by atoms with van der Waals surface area (Å²) in [6.07, 6.45) is 1.99. The molecule has 2 aromatic rings. The molecule has 3 rings (SSSR count). The predicted molar refractivity (Wildman–Crippen MR) is 91.2 cm³/mol. The first kappa shape index (κ1) is 16.9. The third-order valence-corrected chi connectivity index (χ3v) is 4.48. The van der Waals surface area contributed by atoms with Gasteiger partial charge < -0.3 is 4.74 Å². The molecule has 0 radical (unpaired) electrons. The van der Waals surface area contributed by atoms with Crippen molar-refractivity contribution in [3.05, 3.63) is 66.5 Å². The van der Waals surface area contributed by atoms with E-state index in [1.165, 1.54) is 11.5 Å². The standard InChI is InChI=1S/C17H19N3O5/c1-11-15(20(23)24)16(21)19(17(22)18(11)9-12-3-4-12)10-13-5-7-14(25-2)8-6-13/h5-8,12H,3-4,9-10H2,1-2H3. The van der Waals surface area contributed by atoms with E-state index in [0.717, 1.165) is 17.4 Å². The fraction of sp³-hybridized carbons (Fsp3) is 0.412. The van der Waals surface area contributed by atoms with E-state index in [1.54, 1.807) is 31.4 Å². The number of nitro groups is 1. The van der Waals surface area contributed by atoms with Crippen molar-refractivity contribution in [3.63, 3.8) is 0 Å². The van der Waals surface area contributed by atoms with Gasteiger partial charge in [-0.3, -0.25) is 19.5 Å². The van der Waals surface area contributed by atoms with Crippen LogP contribution in [0, 0.1) is 23.0 Å². The topological polar surface area (TPSA) is 96.4 Å². The van der Waals surface area contributed by atoms with Gasteiger partial charge in [0.15, 0.2) is 0 Å². The minimum Gasteiger partial charge on any atom is -0.497 e. The molecule has 0 saturated heterocycles. The molecule has 0 bridgehead atoms. The largest absolute Gasteiger partial charge is 0.497 e. The van der Waals surface area contributed by atoms with Gasteiger partial charge in [0.05, 0.1) is 18.6 Å². The number of ether oxygens (including phenoxy) is 1. The number of nitrogens with zero attached hydrogens (tertiary/aromatic N) is 3. The summed E-state index contributed by atoms with van der Waals surface area (Å²) in [6, 6.07) is 6.88. The van der Waals surface area contributed by atoms with Crippen LogP contribution in [0.25, 0.3) is 0 Å². The van der Waals surface area contributed by atoms with E-state index < -0.39 is 21.9 Å². The Balaban J connectivity index is 2.10. The molecule has 0 unspecified atom stereocenters. The van der Waals surface area contributed by atoms with E-state index in [-0.39, 0.29) is 12.2 Å². The molecular weight excluding hydrogens is 326 g/mol. The normalized spacial score (nSPS) is 13.7. The van der Waals surface area contributed by atoms with E-state index in [2.05, 4.69) is 0 Å². The molecule has 25 heavy (non-hydrogen) atoms. The number of benzene rings is 1. The summed E-state index contributed by atoms with van der Waals surface area (Å²) in [5.74, 6) is 1.00. The van der Waals surface area contributed by atoms with Gasteiger partial charge in [0.25, 0.3) is 0 Å². The van der Waals surface area contributed by atoms with Crippen LogP contribution in [0.3, 0.4) is 0 Å². The van der Waals surface area contributed by atoms with Crippen LogP contribution in [0.4, 0.5) is 5.69 Å². The lowest BCUT2D eigenvalue weighted by atomic mass is 10.2. The first-order valence-electron chi connectivity index (χ1n) is 8.04. The van der Waals surface area contributed by atoms with Gasteiger partial charge in [-0.15, -0.1) is 0 Å². The molecule has 8 heteroatoms. The molecule has 132 valence electrons. The lowest BCUT2D eigenvalue weighted by Crippen LogP contribution is -2.42. The smallest absolute Gasteiger partial charge is 0.353 e. The monoisotopic (exact) mass is 345 g/mol. The van der Waals surface area contributed by atoms with Gasteiger partial charge in [-0.1, -0.05) is 12.1 Å². The van der Waals surface area contributed by atoms with Crippen molar-refractivity contribution in [2.75, 3.05) is 7.11 Å². The van der Waals surface area contributed by atoms with Gasteiger partial charge >= 0.3 is 16.9 Å². The maximum absolute atomic E-state index is 12.8. The van der Waals surface area contributed by atoms with Crippen molar-refractivity contribution in [1.82, 2.24) is 9.13 Å². The van der Waals surface area contributed by atoms with Gasteiger partial charge in [0, 0.05) is 6.54 Å². The zero-order chi connectivity index (χ0) is 18.1. The number of methoxy groups -OCH3 is 1. The second-order valence-corrected chi connectivity index (χ2v) is 6.27. The van der Waals surface area contributed by atoms with E-state index in [9.17, 15) is 19.7 Å². The summed E-state index contributed by atoms with van der Waals surface area (Å²) in [7, 11) is 1.54. The molecule has 0 atom stereocenters. The lowest BCUT2D eigenvalue weighted by molar-refractivity contribution is -0.387. The fourth-order valence-electron chi connectivity index (χ4n) is 2.82. The summed E-state index contributed by atoms with van der Waals surface area (Å²) in [4.78, 5) is 35.9. The van der Waals surface area contributed by atoms with Crippen molar-refractivity contribution in [1.29, 1.82) is 0 Å². The number of hydrogen-bond acceptors (Lipinski definition) is 5. The zero-order valence-electron chi connectivity index (χ0n) is 14.1. The zero-order valence-corrected chi connectivity index (χ0v) is 14.1. The molecule has 0 aliphatic heterocycles. The van der Waals surface area contributed by atoms with Crippen LogP contribution in [0.15, 0.2) is 33.9 Å². The summed E-state index contributed by atoms with van der Waals surface area (Å²) >= 11 is 0. The van der Waals surface area contributed by atoms with E-state index in [1.807, 2.05) is 0 Å². The third-order valence-electron chi connectivity index (χ3n) is 4.48. The Bertz CT molecular complexity index is 923. The van der Waals surface area contributed by atoms with Crippen LogP contribution in [0.2, 0.25) is 0 Å². The third kappa shape index (κ3) is 3.33. The van der Waals surface area contributed by atoms with E-state index in [4.69, 9.17) is 4.74 Å². The second-order valence-electron chi connectivity index (χ2n) is 6.27. The Kier molecular flexibility index (Phi) is 4.43. The van der Waals surface area contributed by atoms with Crippen molar-refractivity contribution in [2.45, 2.75) is 32.9 Å². The number of aromatic nitrogens is 2. The Labute approximate surface area is 143 Å². The van der Waals surface area contributed by atoms with Gasteiger partial charge in [-0.2, -0.15) is 0 Å². The molecule has 8 nitrogen and oxygen atoms in total. The highest BCUT2D eigenvalue weighted by Crippen LogP contribution is 2.30. The molecule has 0 spiro atoms. The van der Waals surface area contributed by atoms with Crippen LogP contribution in [-0.2, 0) is 13.1 Å². The Morgan fingerprint density at radius 2 is 1.84 bits per heavy atom. The molecule has 1 aromatic carbocycles. The molecule has 1 aromatic heterocycles. The van der Waals surface area contributed by atoms with Gasteiger partial charge in [-0.05, 0) is 43.4 Å². The highest BCUT2D eigenvalue weighted by atomic mass is 16.6. The van der Waals surface area contributed by atoms with Gasteiger partial charge in [-0.25, -0.2) is 9.36 Å². The summed E-state index contributed by atoms with van der Waals surface area (Å²) in [6.45, 7) is 1.85. The van der Waals surface area contributed by atoms with Crippen molar-refractivity contribution in [2.24, 2.45) is 5.92 Å². The number of hydrogen-bond donors (Lipinski definition) is 0. The second kappa shape index (κ2) is 6.54. The average Bonchev–Trinajstić information content (AvgIpc) is 3.40. The molecule has 0 N–H and O–H groups in total. The lowest BCUT2D eigenvalue weighted by Gasteiger charge is -2.13. The Hall–Kier alpha value is -2.90. The first-order valence-corrected chi connectivity index (χ1v) is 8.04. The maximum atomic E-state index is 12.8. The SMILES string of the molecule is COc1ccc(Cn2c(=O)c([N+](=O)[O-])c(C)n(CC3CC3)c2=O)cc1. The van der Waals surface area contributed by atoms with Crippen LogP contribution in [0.5, 0.6) is 5.75 Å². The quantitative estimate of drug-likeness (QED) is 0.586. The molecule has 1 saturated carbocycles. The summed E-state index contributed by atoms with van der Waals surface area (Å²) in [5.41, 5.74) is -1.09. The molecular formula is C17H19N3O5.